The molecule has 0 aromatic rings. The summed E-state index contributed by atoms with van der Waals surface area (Å²) in [6.07, 6.45) is 5.53. The van der Waals surface area contributed by atoms with Gasteiger partial charge < -0.3 is 10.8 Å². The Labute approximate surface area is 49.7 Å². The van der Waals surface area contributed by atoms with E-state index in [0.717, 1.165) is 0 Å². The first-order valence-corrected chi connectivity index (χ1v) is 2.63. The number of aliphatic hydroxyl groups is 1. The maximum Gasteiger partial charge on any atom is 0.0661 e. The van der Waals surface area contributed by atoms with E-state index in [1.54, 1.807) is 0 Å². The van der Waals surface area contributed by atoms with Crippen molar-refractivity contribution in [1.82, 2.24) is 0 Å². The molecule has 0 rings (SSSR count). The third-order valence-electron chi connectivity index (χ3n) is 0.853. The SMILES string of the molecule is C#CCC(O)CCN. The fourth-order valence-corrected chi connectivity index (χ4v) is 0.430. The van der Waals surface area contributed by atoms with Crippen LogP contribution in [-0.2, 0) is 0 Å². The van der Waals surface area contributed by atoms with Crippen LogP contribution in [0, 0.1) is 12.3 Å². The lowest BCUT2D eigenvalue weighted by Gasteiger charge is -2.01. The van der Waals surface area contributed by atoms with Crippen molar-refractivity contribution in [2.45, 2.75) is 18.9 Å². The Hall–Kier alpha value is -0.520. The third kappa shape index (κ3) is 3.66. The largest absolute Gasteiger partial charge is 0.392 e. The highest BCUT2D eigenvalue weighted by Crippen LogP contribution is 1.92. The van der Waals surface area contributed by atoms with Gasteiger partial charge in [-0.2, -0.15) is 0 Å². The van der Waals surface area contributed by atoms with E-state index in [9.17, 15) is 0 Å². The summed E-state index contributed by atoms with van der Waals surface area (Å²) >= 11 is 0. The predicted molar refractivity (Wildman–Crippen MR) is 33.1 cm³/mol. The second-order valence-electron chi connectivity index (χ2n) is 1.64. The average Bonchev–Trinajstić information content (AvgIpc) is 1.68. The summed E-state index contributed by atoms with van der Waals surface area (Å²) in [6, 6.07) is 0. The smallest absolute Gasteiger partial charge is 0.0661 e. The van der Waals surface area contributed by atoms with Gasteiger partial charge >= 0.3 is 0 Å². The van der Waals surface area contributed by atoms with Crippen LogP contribution in [0.25, 0.3) is 0 Å². The van der Waals surface area contributed by atoms with E-state index in [1.165, 1.54) is 0 Å². The predicted octanol–water partition coefficient (Wildman–Crippen LogP) is -0.281. The quantitative estimate of drug-likeness (QED) is 0.494. The van der Waals surface area contributed by atoms with E-state index in [-0.39, 0.29) is 0 Å². The number of nitrogens with two attached hydrogens (primary N) is 1. The van der Waals surface area contributed by atoms with E-state index < -0.39 is 6.10 Å². The van der Waals surface area contributed by atoms with Gasteiger partial charge in [0.25, 0.3) is 0 Å². The first kappa shape index (κ1) is 7.48. The standard InChI is InChI=1S/C6H11NO/c1-2-3-6(8)4-5-7/h1,6,8H,3-5,7H2. The van der Waals surface area contributed by atoms with Crippen LogP contribution < -0.4 is 5.73 Å². The number of aliphatic hydroxyl groups excluding tert-OH is 1. The van der Waals surface area contributed by atoms with Crippen molar-refractivity contribution in [3.8, 4) is 12.3 Å². The van der Waals surface area contributed by atoms with Crippen LogP contribution in [0.3, 0.4) is 0 Å². The fraction of sp³-hybridized carbons (Fsp3) is 0.667. The summed E-state index contributed by atoms with van der Waals surface area (Å²) in [5, 5.41) is 8.83. The summed E-state index contributed by atoms with van der Waals surface area (Å²) in [4.78, 5) is 0. The maximum atomic E-state index is 8.83. The molecule has 0 saturated carbocycles. The molecule has 0 saturated heterocycles. The van der Waals surface area contributed by atoms with Crippen molar-refractivity contribution < 1.29 is 5.11 Å². The molecule has 0 aliphatic rings. The number of rotatable bonds is 3. The number of terminal acetylenes is 1. The Kier molecular flexibility index (Phi) is 4.33. The zero-order valence-electron chi connectivity index (χ0n) is 4.80. The van der Waals surface area contributed by atoms with Crippen LogP contribution in [0.4, 0.5) is 0 Å². The highest BCUT2D eigenvalue weighted by Gasteiger charge is 1.96. The molecule has 0 bridgehead atoms. The fourth-order valence-electron chi connectivity index (χ4n) is 0.430. The van der Waals surface area contributed by atoms with Crippen molar-refractivity contribution in [3.63, 3.8) is 0 Å². The van der Waals surface area contributed by atoms with Gasteiger partial charge in [0.15, 0.2) is 0 Å². The highest BCUT2D eigenvalue weighted by molar-refractivity contribution is 4.86. The van der Waals surface area contributed by atoms with Gasteiger partial charge in [-0.25, -0.2) is 0 Å². The van der Waals surface area contributed by atoms with E-state index in [0.29, 0.717) is 19.4 Å². The first-order chi connectivity index (χ1) is 3.81. The molecule has 46 valence electrons. The van der Waals surface area contributed by atoms with Gasteiger partial charge in [-0.1, -0.05) is 0 Å². The molecule has 0 aliphatic carbocycles. The molecule has 2 nitrogen and oxygen atoms in total. The molecule has 8 heavy (non-hydrogen) atoms. The lowest BCUT2D eigenvalue weighted by molar-refractivity contribution is 0.173. The Morgan fingerprint density at radius 3 is 2.75 bits per heavy atom. The van der Waals surface area contributed by atoms with Crippen molar-refractivity contribution in [3.05, 3.63) is 0 Å². The summed E-state index contributed by atoms with van der Waals surface area (Å²) in [5.74, 6) is 2.35. The van der Waals surface area contributed by atoms with E-state index >= 15 is 0 Å². The first-order valence-electron chi connectivity index (χ1n) is 2.63. The highest BCUT2D eigenvalue weighted by atomic mass is 16.3. The monoisotopic (exact) mass is 113 g/mol. The molecule has 0 aliphatic heterocycles. The van der Waals surface area contributed by atoms with E-state index in [2.05, 4.69) is 5.92 Å². The van der Waals surface area contributed by atoms with Crippen LogP contribution in [0.15, 0.2) is 0 Å². The maximum absolute atomic E-state index is 8.83. The minimum atomic E-state index is -0.398. The van der Waals surface area contributed by atoms with Crippen molar-refractivity contribution in [2.24, 2.45) is 5.73 Å². The normalized spacial score (nSPS) is 12.6. The molecule has 2 heteroatoms. The topological polar surface area (TPSA) is 46.2 Å². The molecular formula is C6H11NO. The van der Waals surface area contributed by atoms with Gasteiger partial charge in [0.1, 0.15) is 0 Å². The third-order valence-corrected chi connectivity index (χ3v) is 0.853. The van der Waals surface area contributed by atoms with Crippen LogP contribution in [-0.4, -0.2) is 17.8 Å². The minimum Gasteiger partial charge on any atom is -0.392 e. The molecule has 3 N–H and O–H groups in total. The van der Waals surface area contributed by atoms with Gasteiger partial charge in [0.2, 0.25) is 0 Å². The summed E-state index contributed by atoms with van der Waals surface area (Å²) in [5.41, 5.74) is 5.13. The molecular weight excluding hydrogens is 102 g/mol. The Morgan fingerprint density at radius 2 is 2.38 bits per heavy atom. The second-order valence-corrected chi connectivity index (χ2v) is 1.64. The molecule has 1 atom stereocenters. The summed E-state index contributed by atoms with van der Waals surface area (Å²) in [6.45, 7) is 0.503. The lowest BCUT2D eigenvalue weighted by Crippen LogP contribution is -2.12. The molecule has 0 aromatic carbocycles. The number of hydrogen-bond acceptors (Lipinski definition) is 2. The van der Waals surface area contributed by atoms with E-state index in [1.807, 2.05) is 0 Å². The van der Waals surface area contributed by atoms with Gasteiger partial charge in [0, 0.05) is 6.42 Å². The molecule has 0 heterocycles. The van der Waals surface area contributed by atoms with Crippen LogP contribution in [0.1, 0.15) is 12.8 Å². The van der Waals surface area contributed by atoms with Crippen LogP contribution in [0.5, 0.6) is 0 Å². The van der Waals surface area contributed by atoms with Gasteiger partial charge in [-0.15, -0.1) is 12.3 Å². The van der Waals surface area contributed by atoms with Gasteiger partial charge in [-0.05, 0) is 13.0 Å². The van der Waals surface area contributed by atoms with Crippen molar-refractivity contribution in [2.75, 3.05) is 6.54 Å². The Bertz CT molecular complexity index is 85.0. The van der Waals surface area contributed by atoms with Crippen LogP contribution in [0.2, 0.25) is 0 Å². The zero-order chi connectivity index (χ0) is 6.41. The molecule has 0 radical (unpaired) electrons. The Balaban J connectivity index is 3.08. The van der Waals surface area contributed by atoms with Gasteiger partial charge in [-0.3, -0.25) is 0 Å². The Morgan fingerprint density at radius 1 is 1.75 bits per heavy atom. The van der Waals surface area contributed by atoms with Gasteiger partial charge in [0.05, 0.1) is 6.10 Å². The zero-order valence-corrected chi connectivity index (χ0v) is 4.80. The molecule has 0 amide bonds. The second kappa shape index (κ2) is 4.63. The average molecular weight is 113 g/mol. The van der Waals surface area contributed by atoms with Crippen LogP contribution >= 0.6 is 0 Å². The van der Waals surface area contributed by atoms with E-state index in [4.69, 9.17) is 17.3 Å². The molecule has 0 spiro atoms. The number of hydrogen-bond donors (Lipinski definition) is 2. The lowest BCUT2D eigenvalue weighted by atomic mass is 10.2. The van der Waals surface area contributed by atoms with Crippen molar-refractivity contribution >= 4 is 0 Å². The minimum absolute atomic E-state index is 0.398. The van der Waals surface area contributed by atoms with Crippen molar-refractivity contribution in [1.29, 1.82) is 0 Å². The summed E-state index contributed by atoms with van der Waals surface area (Å²) < 4.78 is 0. The molecule has 0 aromatic heterocycles. The molecule has 1 unspecified atom stereocenters. The molecule has 0 fully saturated rings. The summed E-state index contributed by atoms with van der Waals surface area (Å²) in [7, 11) is 0.